The number of aliphatic imine (C=N–C) groups is 1. The average molecular weight is 458 g/mol. The Balaban J connectivity index is 1.34. The molecule has 1 aliphatic carbocycles. The van der Waals surface area contributed by atoms with Gasteiger partial charge in [-0.1, -0.05) is 37.3 Å². The van der Waals surface area contributed by atoms with Crippen LogP contribution in [0.15, 0.2) is 28.6 Å². The van der Waals surface area contributed by atoms with Crippen molar-refractivity contribution in [3.8, 4) is 0 Å². The fourth-order valence-electron chi connectivity index (χ4n) is 4.67. The molecule has 1 amide bonds. The molecule has 32 heavy (non-hydrogen) atoms. The zero-order chi connectivity index (χ0) is 22.6. The molecule has 172 valence electrons. The molecule has 1 saturated carbocycles. The highest BCUT2D eigenvalue weighted by molar-refractivity contribution is 8.00. The zero-order valence-corrected chi connectivity index (χ0v) is 19.7. The number of nitrogens with zero attached hydrogens (tertiary/aromatic N) is 2. The third-order valence-electron chi connectivity index (χ3n) is 6.72. The molecule has 1 aromatic carbocycles. The van der Waals surface area contributed by atoms with E-state index in [2.05, 4.69) is 33.0 Å². The third kappa shape index (κ3) is 5.18. The molecular weight excluding hydrogens is 424 g/mol. The number of nitrogens with one attached hydrogen (secondary N) is 2. The van der Waals surface area contributed by atoms with Crippen LogP contribution < -0.4 is 10.3 Å². The summed E-state index contributed by atoms with van der Waals surface area (Å²) in [5.74, 6) is 1.50. The monoisotopic (exact) mass is 457 g/mol. The maximum Gasteiger partial charge on any atom is 0.550 e. The lowest BCUT2D eigenvalue weighted by molar-refractivity contribution is -0.381. The Labute approximate surface area is 194 Å². The molecule has 2 aliphatic heterocycles. The summed E-state index contributed by atoms with van der Waals surface area (Å²) in [6, 6.07) is 5.87. The molecule has 2 fully saturated rings. The maximum absolute atomic E-state index is 12.8. The predicted molar refractivity (Wildman–Crippen MR) is 129 cm³/mol. The predicted octanol–water partition coefficient (Wildman–Crippen LogP) is 2.83. The summed E-state index contributed by atoms with van der Waals surface area (Å²) >= 11 is 1.67. The summed E-state index contributed by atoms with van der Waals surface area (Å²) in [4.78, 5) is 20.5. The van der Waals surface area contributed by atoms with Gasteiger partial charge in [0.2, 0.25) is 5.69 Å². The van der Waals surface area contributed by atoms with Crippen molar-refractivity contribution in [1.82, 2.24) is 9.62 Å². The van der Waals surface area contributed by atoms with Crippen molar-refractivity contribution in [2.45, 2.75) is 57.4 Å². The van der Waals surface area contributed by atoms with Gasteiger partial charge in [0.05, 0.1) is 7.11 Å². The second kappa shape index (κ2) is 10.1. The van der Waals surface area contributed by atoms with Crippen molar-refractivity contribution in [1.29, 1.82) is 0 Å². The highest BCUT2D eigenvalue weighted by atomic mass is 32.2. The number of hydrogen-bond acceptors (Lipinski definition) is 5. The third-order valence-corrected chi connectivity index (χ3v) is 7.64. The number of carbonyl (C=O) groups excluding carboxylic acids is 1. The van der Waals surface area contributed by atoms with Gasteiger partial charge in [-0.3, -0.25) is 9.79 Å². The van der Waals surface area contributed by atoms with E-state index in [1.54, 1.807) is 11.9 Å². The summed E-state index contributed by atoms with van der Waals surface area (Å²) in [7, 11) is 1.41. The van der Waals surface area contributed by atoms with E-state index in [9.17, 15) is 9.90 Å². The molecule has 0 aromatic heterocycles. The number of ether oxygens (including phenoxy) is 1. The van der Waals surface area contributed by atoms with E-state index in [4.69, 9.17) is 9.73 Å². The molecule has 0 atom stereocenters. The number of rotatable bonds is 5. The van der Waals surface area contributed by atoms with Crippen LogP contribution in [0.2, 0.25) is 0 Å². The molecule has 0 unspecified atom stereocenters. The van der Waals surface area contributed by atoms with Crippen LogP contribution in [-0.4, -0.2) is 53.0 Å². The number of amides is 1. The first-order valence-electron chi connectivity index (χ1n) is 11.5. The van der Waals surface area contributed by atoms with Crippen LogP contribution in [0.3, 0.4) is 0 Å². The Morgan fingerprint density at radius 1 is 1.31 bits per heavy atom. The minimum atomic E-state index is -0.552. The van der Waals surface area contributed by atoms with Crippen molar-refractivity contribution in [2.75, 3.05) is 20.2 Å². The van der Waals surface area contributed by atoms with Crippen LogP contribution >= 0.6 is 11.9 Å². The lowest BCUT2D eigenvalue weighted by atomic mass is 9.88. The fourth-order valence-corrected chi connectivity index (χ4v) is 5.45. The normalized spacial score (nSPS) is 22.4. The van der Waals surface area contributed by atoms with Gasteiger partial charge in [0.1, 0.15) is 11.4 Å². The Morgan fingerprint density at radius 3 is 2.78 bits per heavy atom. The van der Waals surface area contributed by atoms with Gasteiger partial charge in [0, 0.05) is 31.1 Å². The number of aliphatic hydroxyl groups is 1. The molecule has 1 saturated heterocycles. The average Bonchev–Trinajstić information content (AvgIpc) is 3.13. The highest BCUT2D eigenvalue weighted by Gasteiger charge is 2.46. The largest absolute Gasteiger partial charge is 0.550 e. The number of aliphatic hydroxyl groups excluding tert-OH is 1. The number of hydrogen-bond donors (Lipinski definition) is 3. The van der Waals surface area contributed by atoms with Crippen molar-refractivity contribution in [3.05, 3.63) is 34.7 Å². The number of carbonyl (C=O) groups is 1. The van der Waals surface area contributed by atoms with E-state index in [0.717, 1.165) is 61.4 Å². The SMILES string of the molecule is COC(O)=[NH+]c1ccc(C)c(/C=C/SN2CCC3(CC2)N=C(C2CCCCC2)NC3=O)c1. The molecule has 7 nitrogen and oxygen atoms in total. The second-order valence-corrected chi connectivity index (χ2v) is 9.86. The molecule has 3 N–H and O–H groups in total. The number of benzene rings is 1. The number of methoxy groups -OCH3 is 1. The van der Waals surface area contributed by atoms with Crippen LogP contribution in [0.5, 0.6) is 0 Å². The highest BCUT2D eigenvalue weighted by Crippen LogP contribution is 2.35. The molecule has 0 bridgehead atoms. The van der Waals surface area contributed by atoms with Crippen LogP contribution in [0.4, 0.5) is 5.69 Å². The van der Waals surface area contributed by atoms with Crippen molar-refractivity contribution >= 4 is 41.5 Å². The van der Waals surface area contributed by atoms with Gasteiger partial charge in [-0.25, -0.2) is 4.31 Å². The maximum atomic E-state index is 12.8. The molecule has 8 heteroatoms. The van der Waals surface area contributed by atoms with Gasteiger partial charge in [0.15, 0.2) is 0 Å². The van der Waals surface area contributed by atoms with Crippen LogP contribution in [-0.2, 0) is 9.53 Å². The fraction of sp³-hybridized carbons (Fsp3) is 0.542. The van der Waals surface area contributed by atoms with Crippen molar-refractivity contribution in [2.24, 2.45) is 10.9 Å². The molecule has 1 aromatic rings. The minimum Gasteiger partial charge on any atom is -0.430 e. The van der Waals surface area contributed by atoms with Crippen molar-refractivity contribution < 1.29 is 19.6 Å². The minimum absolute atomic E-state index is 0.106. The van der Waals surface area contributed by atoms with Crippen LogP contribution in [0, 0.1) is 12.8 Å². The van der Waals surface area contributed by atoms with Gasteiger partial charge in [0.25, 0.3) is 5.91 Å². The first kappa shape index (κ1) is 22.9. The number of piperidine rings is 1. The molecule has 1 spiro atoms. The molecule has 2 heterocycles. The zero-order valence-electron chi connectivity index (χ0n) is 18.9. The number of aryl methyl sites for hydroxylation is 1. The van der Waals surface area contributed by atoms with E-state index in [1.165, 1.54) is 26.4 Å². The quantitative estimate of drug-likeness (QED) is 0.360. The molecular formula is C24H33N4O3S+. The Morgan fingerprint density at radius 2 is 2.06 bits per heavy atom. The van der Waals surface area contributed by atoms with E-state index in [0.29, 0.717) is 5.92 Å². The van der Waals surface area contributed by atoms with Gasteiger partial charge in [-0.15, -0.1) is 4.99 Å². The smallest absolute Gasteiger partial charge is 0.430 e. The van der Waals surface area contributed by atoms with Gasteiger partial charge < -0.3 is 15.2 Å². The molecule has 0 radical (unpaired) electrons. The number of amidine groups is 1. The summed E-state index contributed by atoms with van der Waals surface area (Å²) in [5, 5.41) is 14.7. The topological polar surface area (TPSA) is 88.1 Å². The summed E-state index contributed by atoms with van der Waals surface area (Å²) in [6.45, 7) is 3.72. The first-order chi connectivity index (χ1) is 15.5. The van der Waals surface area contributed by atoms with Crippen LogP contribution in [0.25, 0.3) is 6.08 Å². The van der Waals surface area contributed by atoms with E-state index < -0.39 is 5.54 Å². The van der Waals surface area contributed by atoms with Gasteiger partial charge in [-0.05, 0) is 55.2 Å². The Hall–Kier alpha value is -2.32. The van der Waals surface area contributed by atoms with Crippen molar-refractivity contribution in [3.63, 3.8) is 0 Å². The molecule has 4 rings (SSSR count). The summed E-state index contributed by atoms with van der Waals surface area (Å²) in [5.41, 5.74) is 2.42. The van der Waals surface area contributed by atoms with E-state index >= 15 is 0 Å². The first-order valence-corrected chi connectivity index (χ1v) is 12.3. The summed E-state index contributed by atoms with van der Waals surface area (Å²) in [6.07, 6.45) is 9.47. The summed E-state index contributed by atoms with van der Waals surface area (Å²) < 4.78 is 7.06. The van der Waals surface area contributed by atoms with Crippen LogP contribution in [0.1, 0.15) is 56.1 Å². The standard InChI is InChI=1S/C24H32N4O3S/c1-17-8-9-20(25-23(30)31-2)16-19(17)10-15-32-28-13-11-24(12-14-28)22(29)26-21(27-24)18-6-4-3-5-7-18/h8-10,15-16,18H,3-7,11-14H2,1-2H3,(H,25,30)(H,26,27,29)/p+1/b15-10+. The lowest BCUT2D eigenvalue weighted by Gasteiger charge is -2.34. The second-order valence-electron chi connectivity index (χ2n) is 8.86. The Bertz CT molecular complexity index is 929. The van der Waals surface area contributed by atoms with E-state index in [1.807, 2.05) is 18.2 Å². The van der Waals surface area contributed by atoms with Gasteiger partial charge >= 0.3 is 6.08 Å². The van der Waals surface area contributed by atoms with Gasteiger partial charge in [-0.2, -0.15) is 0 Å². The van der Waals surface area contributed by atoms with E-state index in [-0.39, 0.29) is 12.0 Å². The lowest BCUT2D eigenvalue weighted by Crippen LogP contribution is -2.67. The molecule has 3 aliphatic rings. The Kier molecular flexibility index (Phi) is 7.20.